The molecule has 122 heavy (non-hydrogen) atoms. The Hall–Kier alpha value is -15.0. The minimum absolute atomic E-state index is 0.667. The summed E-state index contributed by atoms with van der Waals surface area (Å²) in [5.74, 6) is 1.34. The summed E-state index contributed by atoms with van der Waals surface area (Å²) in [4.78, 5) is 22.3. The molecule has 0 N–H and O–H groups in total. The van der Waals surface area contributed by atoms with Crippen LogP contribution in [0.25, 0.3) is 134 Å². The number of nitrogens with zero attached hydrogens (tertiary/aromatic N) is 6. The van der Waals surface area contributed by atoms with Gasteiger partial charge in [0.25, 0.3) is 0 Å². The van der Waals surface area contributed by atoms with E-state index in [1.54, 1.807) is 0 Å². The molecule has 0 amide bonds. The van der Waals surface area contributed by atoms with Gasteiger partial charge >= 0.3 is 0 Å². The van der Waals surface area contributed by atoms with Gasteiger partial charge in [0.1, 0.15) is 0 Å². The van der Waals surface area contributed by atoms with Gasteiger partial charge in [0.2, 0.25) is 0 Å². The topological polar surface area (TPSA) is 95.6 Å². The van der Waals surface area contributed by atoms with Gasteiger partial charge in [-0.2, -0.15) is 0 Å². The fraction of sp³-hybridized carbons (Fsp3) is 0.0179. The second-order valence-corrected chi connectivity index (χ2v) is 37.5. The number of aromatic nitrogens is 6. The Bertz CT molecular complexity index is 7830. The van der Waals surface area contributed by atoms with Gasteiger partial charge in [0.05, 0.1) is 67.0 Å². The molecule has 2 atom stereocenters. The zero-order chi connectivity index (χ0) is 80.8. The fourth-order valence-corrected chi connectivity index (χ4v) is 25.9. The number of rotatable bonds is 11. The number of benzene rings is 17. The van der Waals surface area contributed by atoms with Gasteiger partial charge in [0.15, 0.2) is 25.9 Å². The first-order valence-corrected chi connectivity index (χ1v) is 44.9. The molecule has 4 aliphatic rings. The van der Waals surface area contributed by atoms with E-state index < -0.39 is 25.1 Å². The Kier molecular flexibility index (Phi) is 16.2. The van der Waals surface area contributed by atoms with Crippen molar-refractivity contribution in [3.63, 3.8) is 0 Å². The molecule has 0 fully saturated rings. The molecule has 2 aliphatic carbocycles. The SMILES string of the molecule is O=P(c1ccccc1)(c1ccccc1)c1ccc(-c2ccc(-c3nc(-c4ccccc4)c4c(n3)-c3ccccc3C43c4ccccc4-n4c5ccccc5c5cccc3c54)cc2)cc1.O=P(c1ccccc1)(c1ccccc1)c1ccc(-c2nc(-c3ccccc3)nc3c2-c2ccccc2C32c3ccccc3-n3c4ccccc4c4cccc2c43)cc1. The van der Waals surface area contributed by atoms with E-state index in [2.05, 4.69) is 282 Å². The lowest BCUT2D eigenvalue weighted by molar-refractivity contribution is 0.591. The van der Waals surface area contributed by atoms with Crippen molar-refractivity contribution in [2.45, 2.75) is 10.8 Å². The van der Waals surface area contributed by atoms with Gasteiger partial charge in [-0.1, -0.05) is 413 Å². The van der Waals surface area contributed by atoms with E-state index in [-0.39, 0.29) is 0 Å². The smallest absolute Gasteiger partial charge is 0.171 e. The second-order valence-electron chi connectivity index (χ2n) is 31.9. The van der Waals surface area contributed by atoms with E-state index in [9.17, 15) is 0 Å². The maximum atomic E-state index is 15.4. The summed E-state index contributed by atoms with van der Waals surface area (Å²) in [6.07, 6.45) is 0. The highest BCUT2D eigenvalue weighted by molar-refractivity contribution is 7.85. The lowest BCUT2D eigenvalue weighted by atomic mass is 9.64. The minimum atomic E-state index is -3.18. The van der Waals surface area contributed by atoms with Crippen molar-refractivity contribution < 1.29 is 9.13 Å². The van der Waals surface area contributed by atoms with Gasteiger partial charge < -0.3 is 18.3 Å². The third kappa shape index (κ3) is 10.2. The molecule has 21 aromatic rings. The average molecular weight is 1600 g/mol. The van der Waals surface area contributed by atoms with E-state index in [1.165, 1.54) is 82.7 Å². The Morgan fingerprint density at radius 3 is 1.05 bits per heavy atom. The molecule has 0 bridgehead atoms. The molecule has 2 unspecified atom stereocenters. The quantitative estimate of drug-likeness (QED) is 0.120. The zero-order valence-corrected chi connectivity index (χ0v) is 67.8. The average Bonchev–Trinajstić information content (AvgIpc) is 1.50. The Labute approximate surface area is 705 Å². The lowest BCUT2D eigenvalue weighted by Crippen LogP contribution is -2.34. The van der Waals surface area contributed by atoms with Crippen LogP contribution in [-0.2, 0) is 20.0 Å². The molecular weight excluding hydrogens is 1520 g/mol. The molecule has 572 valence electrons. The predicted octanol–water partition coefficient (Wildman–Crippen LogP) is 24.1. The first-order valence-electron chi connectivity index (χ1n) is 41.5. The van der Waals surface area contributed by atoms with Crippen LogP contribution in [0, 0.1) is 0 Å². The molecule has 10 heteroatoms. The summed E-state index contributed by atoms with van der Waals surface area (Å²) in [5, 5.41) is 9.78. The van der Waals surface area contributed by atoms with Gasteiger partial charge in [-0.05, 0) is 74.3 Å². The molecule has 2 aliphatic heterocycles. The molecule has 25 rings (SSSR count). The summed E-state index contributed by atoms with van der Waals surface area (Å²) >= 11 is 0. The van der Waals surface area contributed by atoms with Crippen LogP contribution in [0.3, 0.4) is 0 Å². The Morgan fingerprint density at radius 2 is 0.541 bits per heavy atom. The van der Waals surface area contributed by atoms with E-state index in [0.29, 0.717) is 11.6 Å². The Balaban J connectivity index is 0.000000139. The fourth-order valence-electron chi connectivity index (χ4n) is 20.6. The first kappa shape index (κ1) is 71.1. The van der Waals surface area contributed by atoms with Crippen molar-refractivity contribution in [2.24, 2.45) is 0 Å². The molecule has 0 saturated heterocycles. The van der Waals surface area contributed by atoms with Crippen LogP contribution in [0.15, 0.2) is 437 Å². The monoisotopic (exact) mass is 1590 g/mol. The van der Waals surface area contributed by atoms with Gasteiger partial charge in [-0.25, -0.2) is 19.9 Å². The predicted molar refractivity (Wildman–Crippen MR) is 500 cm³/mol. The van der Waals surface area contributed by atoms with Crippen LogP contribution in [-0.4, -0.2) is 29.1 Å². The largest absolute Gasteiger partial charge is 0.309 e. The molecule has 2 spiro atoms. The van der Waals surface area contributed by atoms with Crippen molar-refractivity contribution in [3.05, 3.63) is 481 Å². The van der Waals surface area contributed by atoms with Crippen LogP contribution in [0.5, 0.6) is 0 Å². The highest BCUT2D eigenvalue weighted by atomic mass is 31.2. The summed E-state index contributed by atoms with van der Waals surface area (Å²) in [7, 11) is -6.26. The normalized spacial score (nSPS) is 14.9. The van der Waals surface area contributed by atoms with Gasteiger partial charge in [0, 0.05) is 92.3 Å². The molecule has 0 saturated carbocycles. The molecule has 6 heterocycles. The van der Waals surface area contributed by atoms with Crippen molar-refractivity contribution in [1.82, 2.24) is 29.1 Å². The number of hydrogen-bond acceptors (Lipinski definition) is 6. The third-order valence-corrected chi connectivity index (χ3v) is 32.0. The van der Waals surface area contributed by atoms with Gasteiger partial charge in [-0.15, -0.1) is 0 Å². The summed E-state index contributed by atoms with van der Waals surface area (Å²) in [5.41, 5.74) is 27.0. The summed E-state index contributed by atoms with van der Waals surface area (Å²) < 4.78 is 35.4. The third-order valence-electron chi connectivity index (χ3n) is 25.8. The van der Waals surface area contributed by atoms with E-state index in [4.69, 9.17) is 19.9 Å². The van der Waals surface area contributed by atoms with Crippen molar-refractivity contribution in [1.29, 1.82) is 0 Å². The second kappa shape index (κ2) is 27.8. The first-order chi connectivity index (χ1) is 60.3. The lowest BCUT2D eigenvalue weighted by Gasteiger charge is -2.40. The van der Waals surface area contributed by atoms with Crippen molar-refractivity contribution in [3.8, 4) is 90.2 Å². The van der Waals surface area contributed by atoms with E-state index in [0.717, 1.165) is 116 Å². The maximum absolute atomic E-state index is 15.4. The number of hydrogen-bond donors (Lipinski definition) is 0. The van der Waals surface area contributed by atoms with Crippen LogP contribution in [0.2, 0.25) is 0 Å². The van der Waals surface area contributed by atoms with Crippen molar-refractivity contribution in [2.75, 3.05) is 0 Å². The maximum Gasteiger partial charge on any atom is 0.171 e. The highest BCUT2D eigenvalue weighted by Gasteiger charge is 2.56. The van der Waals surface area contributed by atoms with E-state index in [1.807, 2.05) is 164 Å². The van der Waals surface area contributed by atoms with Crippen molar-refractivity contribution >= 4 is 89.7 Å². The van der Waals surface area contributed by atoms with Gasteiger partial charge in [-0.3, -0.25) is 0 Å². The molecule has 8 nitrogen and oxygen atoms in total. The molecule has 0 radical (unpaired) electrons. The number of fused-ring (bicyclic) bond motifs is 24. The van der Waals surface area contributed by atoms with Crippen LogP contribution in [0.4, 0.5) is 0 Å². The minimum Gasteiger partial charge on any atom is -0.309 e. The highest BCUT2D eigenvalue weighted by Crippen LogP contribution is 2.65. The zero-order valence-electron chi connectivity index (χ0n) is 66.0. The van der Waals surface area contributed by atoms with Crippen LogP contribution in [0.1, 0.15) is 44.6 Å². The van der Waals surface area contributed by atoms with Crippen LogP contribution >= 0.6 is 14.3 Å². The number of para-hydroxylation sites is 6. The summed E-state index contributed by atoms with van der Waals surface area (Å²) in [6, 6.07) is 152. The molecule has 17 aromatic carbocycles. The summed E-state index contributed by atoms with van der Waals surface area (Å²) in [6.45, 7) is 0. The molecular formula is C112H72N6O2P2. The standard InChI is InChI=1S/C59H38N3OP.C53H34N3OP/c63-64(43-19-6-2-7-20-43,44-21-8-3-9-22-44)45-37-35-40(36-38-45)39-31-33-42(34-32-39)58-60-55(41-17-4-1-5-18-41)54-56(61-58)48-24-10-12-26-49(48)59(54)50-27-13-15-30-53(50)62-52-29-14-11-23-46(52)47-25-16-28-51(59)57(47)62;57-58(37-19-6-2-7-20-37,38-21-8-3-9-22-38)39-33-31-35(32-34-39)49-48-42-24-10-12-26-43(42)53(51(48)55-52(54-49)36-17-4-1-5-18-36)44-27-13-15-30-47(44)56-46-29-14-11-23-40(46)41-25-16-28-45(53)50(41)56/h1-38H;1-34H. The Morgan fingerprint density at radius 1 is 0.221 bits per heavy atom. The van der Waals surface area contributed by atoms with E-state index >= 15 is 9.13 Å². The van der Waals surface area contributed by atoms with Crippen LogP contribution < -0.4 is 31.8 Å². The molecule has 4 aromatic heterocycles.